The van der Waals surface area contributed by atoms with E-state index in [1.54, 1.807) is 0 Å². The topological polar surface area (TPSA) is 43.2 Å². The fourth-order valence-electron chi connectivity index (χ4n) is 3.40. The highest BCUT2D eigenvalue weighted by Gasteiger charge is 2.23. The summed E-state index contributed by atoms with van der Waals surface area (Å²) < 4.78 is 7.90. The number of ether oxygens (including phenoxy) is 1. The molecule has 0 aliphatic carbocycles. The lowest BCUT2D eigenvalue weighted by atomic mass is 10.1. The summed E-state index contributed by atoms with van der Waals surface area (Å²) in [5, 5.41) is 5.04. The predicted octanol–water partition coefficient (Wildman–Crippen LogP) is 3.63. The largest absolute Gasteiger partial charge is 0.369 e. The summed E-state index contributed by atoms with van der Waals surface area (Å²) in [6, 6.07) is 14.2. The summed E-state index contributed by atoms with van der Waals surface area (Å²) in [5.74, 6) is 0. The van der Waals surface area contributed by atoms with E-state index < -0.39 is 0 Å². The zero-order chi connectivity index (χ0) is 18.6. The highest BCUT2D eigenvalue weighted by Crippen LogP contribution is 2.23. The second kappa shape index (κ2) is 8.21. The van der Waals surface area contributed by atoms with Crippen LogP contribution >= 0.6 is 11.6 Å². The molecule has 0 saturated carbocycles. The van der Waals surface area contributed by atoms with Crippen molar-refractivity contribution >= 4 is 11.6 Å². The Morgan fingerprint density at radius 1 is 1.19 bits per heavy atom. The number of morpholine rings is 1. The number of hydrogen-bond acceptors (Lipinski definition) is 4. The van der Waals surface area contributed by atoms with Gasteiger partial charge in [0.15, 0.2) is 0 Å². The van der Waals surface area contributed by atoms with Crippen LogP contribution < -0.4 is 0 Å². The van der Waals surface area contributed by atoms with Crippen LogP contribution in [-0.2, 0) is 24.8 Å². The van der Waals surface area contributed by atoms with Crippen LogP contribution in [0.3, 0.4) is 0 Å². The maximum atomic E-state index is 6.26. The molecule has 0 bridgehead atoms. The average Bonchev–Trinajstić information content (AvgIpc) is 3.09. The summed E-state index contributed by atoms with van der Waals surface area (Å²) >= 11 is 6.26. The first kappa shape index (κ1) is 18.2. The minimum Gasteiger partial charge on any atom is -0.369 e. The van der Waals surface area contributed by atoms with E-state index in [9.17, 15) is 0 Å². The fourth-order valence-corrected chi connectivity index (χ4v) is 3.61. The van der Waals surface area contributed by atoms with Crippen molar-refractivity contribution in [1.82, 2.24) is 19.7 Å². The van der Waals surface area contributed by atoms with Crippen molar-refractivity contribution in [1.29, 1.82) is 0 Å². The second-order valence-corrected chi connectivity index (χ2v) is 7.31. The number of aryl methyl sites for hydroxylation is 1. The molecule has 0 amide bonds. The normalized spacial score (nSPS) is 17.9. The molecule has 1 saturated heterocycles. The van der Waals surface area contributed by atoms with Crippen LogP contribution in [0, 0.1) is 0 Å². The number of aromatic nitrogens is 3. The zero-order valence-corrected chi connectivity index (χ0v) is 16.1. The summed E-state index contributed by atoms with van der Waals surface area (Å²) in [6.45, 7) is 3.35. The highest BCUT2D eigenvalue weighted by molar-refractivity contribution is 6.31. The Morgan fingerprint density at radius 2 is 2.07 bits per heavy atom. The molecule has 1 aromatic carbocycles. The number of rotatable bonds is 5. The van der Waals surface area contributed by atoms with E-state index in [-0.39, 0.29) is 6.10 Å². The fraction of sp³-hybridized carbons (Fsp3) is 0.333. The van der Waals surface area contributed by atoms with Crippen LogP contribution in [0.25, 0.3) is 0 Å². The zero-order valence-electron chi connectivity index (χ0n) is 15.4. The first-order chi connectivity index (χ1) is 13.2. The number of nitrogens with zero attached hydrogens (tertiary/aromatic N) is 4. The van der Waals surface area contributed by atoms with Crippen LogP contribution in [-0.4, -0.2) is 39.4 Å². The number of pyridine rings is 1. The Balaban J connectivity index is 1.41. The molecule has 1 fully saturated rings. The van der Waals surface area contributed by atoms with Gasteiger partial charge in [-0.05, 0) is 29.3 Å². The van der Waals surface area contributed by atoms with E-state index in [0.717, 1.165) is 47.9 Å². The lowest BCUT2D eigenvalue weighted by Crippen LogP contribution is -2.38. The Morgan fingerprint density at radius 3 is 2.81 bits per heavy atom. The van der Waals surface area contributed by atoms with Crippen LogP contribution in [0.4, 0.5) is 0 Å². The van der Waals surface area contributed by atoms with Gasteiger partial charge in [0.1, 0.15) is 6.10 Å². The third kappa shape index (κ3) is 4.38. The van der Waals surface area contributed by atoms with Gasteiger partial charge < -0.3 is 4.74 Å². The Labute approximate surface area is 164 Å². The molecule has 1 aliphatic heterocycles. The van der Waals surface area contributed by atoms with E-state index in [1.807, 2.05) is 42.3 Å². The van der Waals surface area contributed by atoms with Crippen LogP contribution in [0.2, 0.25) is 5.02 Å². The van der Waals surface area contributed by atoms with Crippen molar-refractivity contribution in [3.63, 3.8) is 0 Å². The van der Waals surface area contributed by atoms with Crippen molar-refractivity contribution < 1.29 is 4.74 Å². The molecule has 4 rings (SSSR count). The smallest absolute Gasteiger partial charge is 0.112 e. The van der Waals surface area contributed by atoms with Crippen molar-refractivity contribution in [3.8, 4) is 0 Å². The Hall–Kier alpha value is -2.21. The van der Waals surface area contributed by atoms with Gasteiger partial charge in [0.25, 0.3) is 0 Å². The highest BCUT2D eigenvalue weighted by atomic mass is 35.5. The quantitative estimate of drug-likeness (QED) is 0.675. The van der Waals surface area contributed by atoms with Gasteiger partial charge in [0.05, 0.1) is 18.0 Å². The number of halogens is 1. The molecule has 140 valence electrons. The summed E-state index contributed by atoms with van der Waals surface area (Å²) in [7, 11) is 1.98. The monoisotopic (exact) mass is 382 g/mol. The average molecular weight is 383 g/mol. The van der Waals surface area contributed by atoms with Gasteiger partial charge >= 0.3 is 0 Å². The Bertz CT molecular complexity index is 893. The van der Waals surface area contributed by atoms with E-state index in [1.165, 1.54) is 5.69 Å². The molecule has 0 unspecified atom stereocenters. The molecule has 2 aromatic heterocycles. The van der Waals surface area contributed by atoms with E-state index in [0.29, 0.717) is 6.61 Å². The van der Waals surface area contributed by atoms with E-state index in [4.69, 9.17) is 16.3 Å². The van der Waals surface area contributed by atoms with Crippen molar-refractivity contribution in [2.75, 3.05) is 19.7 Å². The third-order valence-electron chi connectivity index (χ3n) is 4.99. The maximum Gasteiger partial charge on any atom is 0.112 e. The number of hydrogen-bond donors (Lipinski definition) is 0. The Kier molecular flexibility index (Phi) is 5.53. The lowest BCUT2D eigenvalue weighted by Gasteiger charge is -2.32. The standard InChI is InChI=1S/C21H23ClN4O/c1-25-18(8-9-24-25)14-26-10-11-27-21(15-26)20-7-6-16(13-23-20)12-17-4-2-3-5-19(17)22/h2-9,13,21H,10-12,14-15H2,1H3/t21-/m1/s1. The molecule has 0 radical (unpaired) electrons. The van der Waals surface area contributed by atoms with Gasteiger partial charge in [-0.2, -0.15) is 5.10 Å². The van der Waals surface area contributed by atoms with Gasteiger partial charge in [-0.1, -0.05) is 35.9 Å². The SMILES string of the molecule is Cn1nccc1CN1CCO[C@@H](c2ccc(Cc3ccccc3Cl)cn2)C1. The van der Waals surface area contributed by atoms with E-state index in [2.05, 4.69) is 39.2 Å². The molecule has 1 aliphatic rings. The lowest BCUT2D eigenvalue weighted by molar-refractivity contribution is -0.0356. The van der Waals surface area contributed by atoms with Gasteiger partial charge in [-0.15, -0.1) is 0 Å². The summed E-state index contributed by atoms with van der Waals surface area (Å²) in [4.78, 5) is 7.06. The first-order valence-corrected chi connectivity index (χ1v) is 9.56. The predicted molar refractivity (Wildman–Crippen MR) is 106 cm³/mol. The van der Waals surface area contributed by atoms with Crippen molar-refractivity contribution in [3.05, 3.63) is 82.4 Å². The first-order valence-electron chi connectivity index (χ1n) is 9.18. The van der Waals surface area contributed by atoms with E-state index >= 15 is 0 Å². The second-order valence-electron chi connectivity index (χ2n) is 6.90. The molecule has 3 aromatic rings. The van der Waals surface area contributed by atoms with Crippen LogP contribution in [0.1, 0.15) is 28.6 Å². The van der Waals surface area contributed by atoms with Gasteiger partial charge in [0, 0.05) is 50.5 Å². The van der Waals surface area contributed by atoms with Crippen molar-refractivity contribution in [2.45, 2.75) is 19.1 Å². The van der Waals surface area contributed by atoms with Gasteiger partial charge in [-0.3, -0.25) is 14.6 Å². The molecule has 1 atom stereocenters. The summed E-state index contributed by atoms with van der Waals surface area (Å²) in [5.41, 5.74) is 4.45. The molecule has 3 heterocycles. The van der Waals surface area contributed by atoms with Gasteiger partial charge in [0.2, 0.25) is 0 Å². The molecule has 6 heteroatoms. The number of benzene rings is 1. The molecule has 0 spiro atoms. The minimum absolute atomic E-state index is 0.00124. The molecular weight excluding hydrogens is 360 g/mol. The van der Waals surface area contributed by atoms with Crippen LogP contribution in [0.15, 0.2) is 54.9 Å². The minimum atomic E-state index is 0.00124. The molecule has 5 nitrogen and oxygen atoms in total. The molecule has 0 N–H and O–H groups in total. The maximum absolute atomic E-state index is 6.26. The summed E-state index contributed by atoms with van der Waals surface area (Å²) in [6.07, 6.45) is 4.56. The third-order valence-corrected chi connectivity index (χ3v) is 5.36. The van der Waals surface area contributed by atoms with Crippen molar-refractivity contribution in [2.24, 2.45) is 7.05 Å². The van der Waals surface area contributed by atoms with Crippen LogP contribution in [0.5, 0.6) is 0 Å². The molecular formula is C21H23ClN4O. The molecule has 27 heavy (non-hydrogen) atoms. The van der Waals surface area contributed by atoms with Gasteiger partial charge in [-0.25, -0.2) is 0 Å².